The largest absolute Gasteiger partial charge is 0.489 e. The van der Waals surface area contributed by atoms with Crippen LogP contribution >= 0.6 is 0 Å². The Morgan fingerprint density at radius 1 is 0.831 bits per heavy atom. The van der Waals surface area contributed by atoms with Crippen molar-refractivity contribution in [3.05, 3.63) is 178 Å². The smallest absolute Gasteiger partial charge is 0.134 e. The fourth-order valence-electron chi connectivity index (χ4n) is 11.9. The van der Waals surface area contributed by atoms with E-state index in [2.05, 4.69) is 164 Å². The average Bonchev–Trinajstić information content (AvgIpc) is 3.84. The molecule has 0 radical (unpaired) electrons. The maximum absolute atomic E-state index is 7.19. The first-order chi connectivity index (χ1) is 28.9. The first kappa shape index (κ1) is 36.9. The molecule has 0 bridgehead atoms. The molecule has 2 aromatic rings. The van der Waals surface area contributed by atoms with E-state index in [4.69, 9.17) is 9.73 Å². The van der Waals surface area contributed by atoms with Gasteiger partial charge in [-0.15, -0.1) is 0 Å². The highest BCUT2D eigenvalue weighted by atomic mass is 16.5. The lowest BCUT2D eigenvalue weighted by atomic mass is 9.67. The average molecular weight is 779 g/mol. The van der Waals surface area contributed by atoms with Gasteiger partial charge in [-0.3, -0.25) is 5.32 Å². The summed E-state index contributed by atoms with van der Waals surface area (Å²) >= 11 is 0. The number of benzene rings is 2. The maximum Gasteiger partial charge on any atom is 0.134 e. The number of amidine groups is 1. The molecular formula is C54H58N4O. The van der Waals surface area contributed by atoms with Crippen LogP contribution in [0.25, 0.3) is 5.57 Å². The molecule has 2 N–H and O–H groups in total. The molecule has 5 nitrogen and oxygen atoms in total. The minimum absolute atomic E-state index is 0.0932. The Morgan fingerprint density at radius 3 is 2.54 bits per heavy atom. The van der Waals surface area contributed by atoms with Crippen LogP contribution in [-0.4, -0.2) is 23.6 Å². The van der Waals surface area contributed by atoms with Gasteiger partial charge in [0.25, 0.3) is 0 Å². The second-order valence-electron chi connectivity index (χ2n) is 18.5. The number of allylic oxidation sites excluding steroid dienone is 13. The molecule has 11 rings (SSSR count). The van der Waals surface area contributed by atoms with Crippen LogP contribution in [0.2, 0.25) is 0 Å². The van der Waals surface area contributed by atoms with E-state index in [0.29, 0.717) is 17.8 Å². The van der Waals surface area contributed by atoms with E-state index in [1.54, 1.807) is 0 Å². The Labute approximate surface area is 351 Å². The van der Waals surface area contributed by atoms with Crippen LogP contribution in [0.5, 0.6) is 0 Å². The van der Waals surface area contributed by atoms with Crippen LogP contribution in [-0.2, 0) is 4.74 Å². The van der Waals surface area contributed by atoms with E-state index in [1.165, 1.54) is 62.4 Å². The molecular weight excluding hydrogens is 721 g/mol. The molecule has 0 aromatic heterocycles. The van der Waals surface area contributed by atoms with Gasteiger partial charge in [0, 0.05) is 23.2 Å². The zero-order chi connectivity index (χ0) is 39.7. The Kier molecular flexibility index (Phi) is 9.29. The molecule has 1 fully saturated rings. The van der Waals surface area contributed by atoms with Gasteiger partial charge in [0.15, 0.2) is 0 Å². The fraction of sp³-hybridized carbons (Fsp3) is 0.389. The van der Waals surface area contributed by atoms with E-state index in [0.717, 1.165) is 63.0 Å². The van der Waals surface area contributed by atoms with Crippen LogP contribution < -0.4 is 15.5 Å². The summed E-state index contributed by atoms with van der Waals surface area (Å²) in [6.45, 7) is 7.07. The third kappa shape index (κ3) is 6.26. The predicted octanol–water partition coefficient (Wildman–Crippen LogP) is 12.0. The molecule has 300 valence electrons. The molecule has 9 unspecified atom stereocenters. The second kappa shape index (κ2) is 14.9. The van der Waals surface area contributed by atoms with Gasteiger partial charge in [-0.25, -0.2) is 4.99 Å². The number of para-hydroxylation sites is 1. The summed E-state index contributed by atoms with van der Waals surface area (Å²) in [5.74, 6) is 3.85. The van der Waals surface area contributed by atoms with Crippen LogP contribution in [0.15, 0.2) is 166 Å². The zero-order valence-electron chi connectivity index (χ0n) is 34.9. The second-order valence-corrected chi connectivity index (χ2v) is 18.5. The van der Waals surface area contributed by atoms with Gasteiger partial charge in [-0.05, 0) is 145 Å². The van der Waals surface area contributed by atoms with Gasteiger partial charge in [0.1, 0.15) is 29.5 Å². The zero-order valence-corrected chi connectivity index (χ0v) is 34.9. The predicted molar refractivity (Wildman–Crippen MR) is 242 cm³/mol. The van der Waals surface area contributed by atoms with E-state index in [1.807, 2.05) is 0 Å². The summed E-state index contributed by atoms with van der Waals surface area (Å²) in [7, 11) is 0. The number of hydrogen-bond acceptors (Lipinski definition) is 5. The minimum atomic E-state index is -0.565. The number of fused-ring (bicyclic) bond motifs is 6. The van der Waals surface area contributed by atoms with Gasteiger partial charge < -0.3 is 15.0 Å². The summed E-state index contributed by atoms with van der Waals surface area (Å²) < 4.78 is 7.19. The Bertz CT molecular complexity index is 2400. The molecule has 5 heteroatoms. The van der Waals surface area contributed by atoms with Crippen LogP contribution in [0.1, 0.15) is 107 Å². The summed E-state index contributed by atoms with van der Waals surface area (Å²) in [5, 5.41) is 8.24. The molecule has 9 atom stereocenters. The molecule has 9 aliphatic rings. The normalized spacial score (nSPS) is 34.3. The quantitative estimate of drug-likeness (QED) is 0.287. The highest BCUT2D eigenvalue weighted by molar-refractivity contribution is 6.00. The topological polar surface area (TPSA) is 48.9 Å². The van der Waals surface area contributed by atoms with E-state index < -0.39 is 5.66 Å². The molecule has 2 aromatic carbocycles. The molecule has 3 aliphatic heterocycles. The molecule has 1 saturated heterocycles. The van der Waals surface area contributed by atoms with Gasteiger partial charge in [-0.2, -0.15) is 0 Å². The van der Waals surface area contributed by atoms with E-state index in [9.17, 15) is 0 Å². The van der Waals surface area contributed by atoms with Crippen molar-refractivity contribution in [3.8, 4) is 0 Å². The van der Waals surface area contributed by atoms with Crippen molar-refractivity contribution in [2.75, 3.05) is 4.90 Å². The molecule has 0 amide bonds. The lowest BCUT2D eigenvalue weighted by Crippen LogP contribution is -2.57. The standard InChI is InChI=1S/C54H58N4O/c1-34-17-13-15-25-44(34)54(3)56-52(37-20-9-5-10-21-37)55-53(57-54)43-33-38(36-18-7-4-8-19-36)28-30-40(43)41-29-27-35(2)51-49(41)50-47(59-51)32-31-46-48(50)42-24-14-16-26-45(42)58(46)39-22-11-6-12-23-39/h4-7,9,11-13,15,20,22-26,28-36,46,48-49,51,53,57H,8,10,14,16-19,21,27H2,1-3H3,(H,55,56). The number of nitrogens with one attached hydrogen (secondary N) is 2. The fourth-order valence-corrected chi connectivity index (χ4v) is 11.9. The summed E-state index contributed by atoms with van der Waals surface area (Å²) in [6, 6.07) is 18.8. The van der Waals surface area contributed by atoms with Gasteiger partial charge in [0.2, 0.25) is 0 Å². The molecule has 6 aliphatic carbocycles. The summed E-state index contributed by atoms with van der Waals surface area (Å²) in [4.78, 5) is 8.19. The highest BCUT2D eigenvalue weighted by Crippen LogP contribution is 2.58. The highest BCUT2D eigenvalue weighted by Gasteiger charge is 2.54. The lowest BCUT2D eigenvalue weighted by Gasteiger charge is -2.44. The van der Waals surface area contributed by atoms with Crippen molar-refractivity contribution in [2.24, 2.45) is 28.7 Å². The molecule has 0 spiro atoms. The molecule has 0 saturated carbocycles. The maximum atomic E-state index is 7.19. The number of ether oxygens (including phenoxy) is 1. The van der Waals surface area contributed by atoms with Gasteiger partial charge in [-0.1, -0.05) is 123 Å². The van der Waals surface area contributed by atoms with Crippen LogP contribution in [0.4, 0.5) is 5.69 Å². The van der Waals surface area contributed by atoms with Gasteiger partial charge >= 0.3 is 0 Å². The van der Waals surface area contributed by atoms with Crippen molar-refractivity contribution < 1.29 is 4.74 Å². The van der Waals surface area contributed by atoms with Crippen molar-refractivity contribution in [1.29, 1.82) is 0 Å². The van der Waals surface area contributed by atoms with Crippen LogP contribution in [0, 0.1) is 23.7 Å². The van der Waals surface area contributed by atoms with Crippen molar-refractivity contribution in [3.63, 3.8) is 0 Å². The first-order valence-corrected chi connectivity index (χ1v) is 22.7. The number of rotatable bonds is 6. The van der Waals surface area contributed by atoms with Crippen molar-refractivity contribution in [2.45, 2.75) is 108 Å². The minimum Gasteiger partial charge on any atom is -0.489 e. The SMILES string of the molecule is CC1CC=CC=C1C1(C)N=C(C2=CC=CCC2)NC(c2cc(C3CC=CCC3)ccc2C2=CCC(C)C3OC4=C(C23)C2C3=CCCC=C3N(c3ccccc3)C2C=C4)N1. The lowest BCUT2D eigenvalue weighted by molar-refractivity contribution is 0.0816. The van der Waals surface area contributed by atoms with Gasteiger partial charge in [0.05, 0.1) is 6.04 Å². The Morgan fingerprint density at radius 2 is 1.71 bits per heavy atom. The summed E-state index contributed by atoms with van der Waals surface area (Å²) in [6.07, 6.45) is 40.4. The molecule has 3 heterocycles. The third-order valence-corrected chi connectivity index (χ3v) is 14.8. The Hall–Kier alpha value is -5.13. The number of hydrogen-bond donors (Lipinski definition) is 2. The van der Waals surface area contributed by atoms with E-state index >= 15 is 0 Å². The van der Waals surface area contributed by atoms with Crippen LogP contribution in [0.3, 0.4) is 0 Å². The van der Waals surface area contributed by atoms with Crippen molar-refractivity contribution in [1.82, 2.24) is 10.6 Å². The van der Waals surface area contributed by atoms with E-state index in [-0.39, 0.29) is 30.1 Å². The molecule has 59 heavy (non-hydrogen) atoms. The Balaban J connectivity index is 1.05. The third-order valence-electron chi connectivity index (χ3n) is 14.8. The van der Waals surface area contributed by atoms with Crippen molar-refractivity contribution >= 4 is 17.1 Å². The first-order valence-electron chi connectivity index (χ1n) is 22.7. The summed E-state index contributed by atoms with van der Waals surface area (Å²) in [5.41, 5.74) is 13.2. The number of anilines is 1. The number of aliphatic imine (C=N–C) groups is 1. The number of nitrogens with zero attached hydrogens (tertiary/aromatic N) is 2. The monoisotopic (exact) mass is 778 g/mol.